The van der Waals surface area contributed by atoms with Crippen LogP contribution in [0.15, 0.2) is 66.7 Å². The summed E-state index contributed by atoms with van der Waals surface area (Å²) in [5.74, 6) is 1.11. The highest BCUT2D eigenvalue weighted by atomic mass is 16.3. The Kier molecular flexibility index (Phi) is 4.55. The molecule has 1 aromatic heterocycles. The van der Waals surface area contributed by atoms with Crippen molar-refractivity contribution in [1.29, 1.82) is 0 Å². The van der Waals surface area contributed by atoms with E-state index in [0.29, 0.717) is 6.54 Å². The minimum absolute atomic E-state index is 0.136. The number of nitrogens with zero attached hydrogens (tertiary/aromatic N) is 1. The van der Waals surface area contributed by atoms with Gasteiger partial charge in [-0.2, -0.15) is 5.10 Å². The summed E-state index contributed by atoms with van der Waals surface area (Å²) in [6, 6.07) is 22.2. The van der Waals surface area contributed by atoms with Gasteiger partial charge in [0.2, 0.25) is 0 Å². The number of phenols is 1. The lowest BCUT2D eigenvalue weighted by Crippen LogP contribution is -2.10. The molecule has 3 aromatic carbocycles. The normalized spacial score (nSPS) is 11.7. The number of hydrogen-bond donors (Lipinski definition) is 3. The lowest BCUT2D eigenvalue weighted by Gasteiger charge is -2.19. The van der Waals surface area contributed by atoms with Gasteiger partial charge < -0.3 is 10.4 Å². The van der Waals surface area contributed by atoms with Gasteiger partial charge in [-0.1, -0.05) is 69.3 Å². The van der Waals surface area contributed by atoms with Crippen molar-refractivity contribution in [1.82, 2.24) is 10.2 Å². The largest absolute Gasteiger partial charge is 0.508 e. The Morgan fingerprint density at radius 3 is 2.32 bits per heavy atom. The molecule has 0 saturated carbocycles. The van der Waals surface area contributed by atoms with E-state index in [1.165, 1.54) is 11.1 Å². The Bertz CT molecular complexity index is 1090. The van der Waals surface area contributed by atoms with Crippen molar-refractivity contribution in [3.8, 4) is 16.9 Å². The molecule has 1 heterocycles. The van der Waals surface area contributed by atoms with Crippen molar-refractivity contribution in [2.45, 2.75) is 32.7 Å². The molecule has 0 amide bonds. The van der Waals surface area contributed by atoms with Crippen molar-refractivity contribution in [2.24, 2.45) is 0 Å². The smallest absolute Gasteiger partial charge is 0.156 e. The first-order valence-electron chi connectivity index (χ1n) is 9.51. The second kappa shape index (κ2) is 7.04. The minimum Gasteiger partial charge on any atom is -0.508 e. The molecule has 0 spiro atoms. The molecule has 0 fully saturated rings. The van der Waals surface area contributed by atoms with Gasteiger partial charge in [-0.25, -0.2) is 0 Å². The molecule has 4 rings (SSSR count). The third-order valence-corrected chi connectivity index (χ3v) is 5.05. The number of aromatic amines is 1. The topological polar surface area (TPSA) is 60.9 Å². The number of aromatic hydroxyl groups is 1. The Labute approximate surface area is 165 Å². The zero-order valence-electron chi connectivity index (χ0n) is 16.5. The Hall–Kier alpha value is -3.27. The molecule has 0 aliphatic rings. The summed E-state index contributed by atoms with van der Waals surface area (Å²) < 4.78 is 0. The van der Waals surface area contributed by atoms with E-state index in [9.17, 15) is 5.11 Å². The Balaban J connectivity index is 1.67. The van der Waals surface area contributed by atoms with Gasteiger partial charge in [0.05, 0.1) is 10.9 Å². The molecule has 0 aliphatic heterocycles. The number of rotatable bonds is 4. The average molecular weight is 371 g/mol. The summed E-state index contributed by atoms with van der Waals surface area (Å²) in [4.78, 5) is 0. The summed E-state index contributed by atoms with van der Waals surface area (Å²) in [5.41, 5.74) is 5.87. The van der Waals surface area contributed by atoms with E-state index in [1.54, 1.807) is 12.1 Å². The Morgan fingerprint density at radius 1 is 0.929 bits per heavy atom. The molecule has 0 aliphatic carbocycles. The Morgan fingerprint density at radius 2 is 1.64 bits per heavy atom. The van der Waals surface area contributed by atoms with Gasteiger partial charge in [0.15, 0.2) is 5.82 Å². The second-order valence-corrected chi connectivity index (χ2v) is 8.15. The first-order valence-corrected chi connectivity index (χ1v) is 9.51. The monoisotopic (exact) mass is 371 g/mol. The van der Waals surface area contributed by atoms with E-state index in [0.717, 1.165) is 27.8 Å². The van der Waals surface area contributed by atoms with Gasteiger partial charge >= 0.3 is 0 Å². The maximum atomic E-state index is 9.44. The van der Waals surface area contributed by atoms with Crippen LogP contribution in [0.4, 0.5) is 5.82 Å². The molecule has 3 N–H and O–H groups in total. The number of nitrogens with one attached hydrogen (secondary N) is 2. The number of aromatic nitrogens is 2. The molecule has 142 valence electrons. The zero-order valence-corrected chi connectivity index (χ0v) is 16.5. The molecule has 28 heavy (non-hydrogen) atoms. The van der Waals surface area contributed by atoms with Crippen LogP contribution in [0.2, 0.25) is 0 Å². The van der Waals surface area contributed by atoms with Gasteiger partial charge in [-0.3, -0.25) is 5.10 Å². The van der Waals surface area contributed by atoms with E-state index in [2.05, 4.69) is 72.7 Å². The highest BCUT2D eigenvalue weighted by Gasteiger charge is 2.15. The van der Waals surface area contributed by atoms with Crippen LogP contribution >= 0.6 is 0 Å². The number of fused-ring (bicyclic) bond motifs is 1. The fourth-order valence-corrected chi connectivity index (χ4v) is 3.39. The molecule has 0 bridgehead atoms. The van der Waals surface area contributed by atoms with E-state index in [4.69, 9.17) is 0 Å². The quantitative estimate of drug-likeness (QED) is 0.422. The highest BCUT2D eigenvalue weighted by Crippen LogP contribution is 2.34. The van der Waals surface area contributed by atoms with Crippen LogP contribution < -0.4 is 5.32 Å². The second-order valence-electron chi connectivity index (χ2n) is 8.15. The predicted octanol–water partition coefficient (Wildman–Crippen LogP) is 5.85. The maximum absolute atomic E-state index is 9.44. The maximum Gasteiger partial charge on any atom is 0.156 e. The van der Waals surface area contributed by atoms with Gasteiger partial charge in [-0.05, 0) is 45.9 Å². The summed E-state index contributed by atoms with van der Waals surface area (Å²) in [6.07, 6.45) is 0. The standard InChI is InChI=1S/C24H25N3O/c1-24(2,3)18-11-9-17(10-12-18)20-5-4-6-21-22(20)23(27-26-21)25-15-16-7-13-19(28)14-8-16/h4-14,28H,15H2,1-3H3,(H2,25,26,27). The van der Waals surface area contributed by atoms with E-state index in [1.807, 2.05) is 18.2 Å². The van der Waals surface area contributed by atoms with Crippen molar-refractivity contribution in [3.63, 3.8) is 0 Å². The first kappa shape index (κ1) is 18.1. The van der Waals surface area contributed by atoms with Gasteiger partial charge in [0, 0.05) is 6.54 Å². The lowest BCUT2D eigenvalue weighted by molar-refractivity contribution is 0.475. The number of benzene rings is 3. The van der Waals surface area contributed by atoms with Crippen LogP contribution in [0, 0.1) is 0 Å². The third kappa shape index (κ3) is 3.58. The molecule has 0 atom stereocenters. The summed E-state index contributed by atoms with van der Waals surface area (Å²) >= 11 is 0. The third-order valence-electron chi connectivity index (χ3n) is 5.05. The van der Waals surface area contributed by atoms with Crippen LogP contribution in [0.3, 0.4) is 0 Å². The van der Waals surface area contributed by atoms with E-state index in [-0.39, 0.29) is 11.2 Å². The van der Waals surface area contributed by atoms with Crippen molar-refractivity contribution in [2.75, 3.05) is 5.32 Å². The van der Waals surface area contributed by atoms with Crippen molar-refractivity contribution < 1.29 is 5.11 Å². The van der Waals surface area contributed by atoms with Crippen LogP contribution in [-0.2, 0) is 12.0 Å². The van der Waals surface area contributed by atoms with Gasteiger partial charge in [-0.15, -0.1) is 0 Å². The zero-order chi connectivity index (χ0) is 19.7. The van der Waals surface area contributed by atoms with Crippen LogP contribution in [0.25, 0.3) is 22.0 Å². The van der Waals surface area contributed by atoms with Gasteiger partial charge in [0.25, 0.3) is 0 Å². The molecule has 0 unspecified atom stereocenters. The average Bonchev–Trinajstić information content (AvgIpc) is 3.10. The van der Waals surface area contributed by atoms with Crippen LogP contribution in [0.1, 0.15) is 31.9 Å². The predicted molar refractivity (Wildman–Crippen MR) is 116 cm³/mol. The summed E-state index contributed by atoms with van der Waals surface area (Å²) in [7, 11) is 0. The van der Waals surface area contributed by atoms with E-state index < -0.39 is 0 Å². The van der Waals surface area contributed by atoms with Crippen molar-refractivity contribution in [3.05, 3.63) is 77.9 Å². The fourth-order valence-electron chi connectivity index (χ4n) is 3.39. The number of H-pyrrole nitrogens is 1. The molecule has 0 radical (unpaired) electrons. The van der Waals surface area contributed by atoms with Crippen LogP contribution in [-0.4, -0.2) is 15.3 Å². The number of hydrogen-bond acceptors (Lipinski definition) is 3. The number of anilines is 1. The SMILES string of the molecule is CC(C)(C)c1ccc(-c2cccc3[nH]nc(NCc4ccc(O)cc4)c23)cc1. The molecule has 0 saturated heterocycles. The lowest BCUT2D eigenvalue weighted by atomic mass is 9.86. The molecule has 4 heteroatoms. The molecular formula is C24H25N3O. The molecule has 4 aromatic rings. The minimum atomic E-state index is 0.136. The van der Waals surface area contributed by atoms with E-state index >= 15 is 0 Å². The first-order chi connectivity index (χ1) is 13.4. The number of phenolic OH excluding ortho intramolecular Hbond substituents is 1. The highest BCUT2D eigenvalue weighted by molar-refractivity contribution is 6.02. The fraction of sp³-hybridized carbons (Fsp3) is 0.208. The van der Waals surface area contributed by atoms with Crippen LogP contribution in [0.5, 0.6) is 5.75 Å². The van der Waals surface area contributed by atoms with Gasteiger partial charge in [0.1, 0.15) is 5.75 Å². The molecular weight excluding hydrogens is 346 g/mol. The molecule has 4 nitrogen and oxygen atoms in total. The summed E-state index contributed by atoms with van der Waals surface area (Å²) in [6.45, 7) is 7.32. The van der Waals surface area contributed by atoms with Crippen molar-refractivity contribution >= 4 is 16.7 Å². The summed E-state index contributed by atoms with van der Waals surface area (Å²) in [5, 5.41) is 21.6.